The van der Waals surface area contributed by atoms with Gasteiger partial charge in [0.15, 0.2) is 5.82 Å². The molecule has 0 fully saturated rings. The van der Waals surface area contributed by atoms with Gasteiger partial charge in [0.2, 0.25) is 11.1 Å². The summed E-state index contributed by atoms with van der Waals surface area (Å²) in [6.07, 6.45) is 5.02. The van der Waals surface area contributed by atoms with Gasteiger partial charge >= 0.3 is 0 Å². The molecule has 0 aliphatic carbocycles. The third kappa shape index (κ3) is 3.67. The zero-order valence-electron chi connectivity index (χ0n) is 11.0. The van der Waals surface area contributed by atoms with Crippen LogP contribution in [0.1, 0.15) is 6.92 Å². The molecule has 2 aromatic rings. The molecular weight excluding hydrogens is 274 g/mol. The molecule has 0 aliphatic heterocycles. The minimum Gasteiger partial charge on any atom is -0.352 e. The van der Waals surface area contributed by atoms with E-state index in [-0.39, 0.29) is 11.2 Å². The maximum Gasteiger partial charge on any atom is 0.233 e. The minimum atomic E-state index is -0.268. The van der Waals surface area contributed by atoms with Crippen molar-refractivity contribution in [2.75, 3.05) is 6.54 Å². The lowest BCUT2D eigenvalue weighted by atomic mass is 10.3. The molecule has 0 spiro atoms. The highest BCUT2D eigenvalue weighted by Crippen LogP contribution is 2.22. The van der Waals surface area contributed by atoms with Gasteiger partial charge in [0.05, 0.1) is 5.25 Å². The second-order valence-electron chi connectivity index (χ2n) is 4.00. The molecule has 0 saturated heterocycles. The van der Waals surface area contributed by atoms with Crippen molar-refractivity contribution >= 4 is 17.7 Å². The Morgan fingerprint density at radius 3 is 3.00 bits per heavy atom. The smallest absolute Gasteiger partial charge is 0.233 e. The summed E-state index contributed by atoms with van der Waals surface area (Å²) in [5, 5.41) is 9.96. The van der Waals surface area contributed by atoms with E-state index in [1.807, 2.05) is 19.1 Å². The number of nitrogens with zero attached hydrogens (tertiary/aromatic N) is 3. The molecule has 0 unspecified atom stereocenters. The van der Waals surface area contributed by atoms with Gasteiger partial charge < -0.3 is 5.32 Å². The average molecular weight is 289 g/mol. The van der Waals surface area contributed by atoms with Gasteiger partial charge in [-0.2, -0.15) is 0 Å². The average Bonchev–Trinajstić information content (AvgIpc) is 2.94. The number of aromatic nitrogens is 4. The van der Waals surface area contributed by atoms with E-state index in [0.717, 1.165) is 5.56 Å². The molecule has 7 heteroatoms. The third-order valence-corrected chi connectivity index (χ3v) is 3.45. The van der Waals surface area contributed by atoms with Crippen LogP contribution >= 0.6 is 11.8 Å². The Morgan fingerprint density at radius 1 is 1.55 bits per heavy atom. The highest BCUT2D eigenvalue weighted by molar-refractivity contribution is 8.00. The van der Waals surface area contributed by atoms with Gasteiger partial charge in [0, 0.05) is 24.5 Å². The van der Waals surface area contributed by atoms with Gasteiger partial charge in [-0.1, -0.05) is 17.8 Å². The summed E-state index contributed by atoms with van der Waals surface area (Å²) in [5.74, 6) is 0.596. The van der Waals surface area contributed by atoms with E-state index < -0.39 is 0 Å². The number of pyridine rings is 1. The summed E-state index contributed by atoms with van der Waals surface area (Å²) in [7, 11) is 0. The lowest BCUT2D eigenvalue weighted by Gasteiger charge is -2.07. The van der Waals surface area contributed by atoms with E-state index in [4.69, 9.17) is 0 Å². The van der Waals surface area contributed by atoms with Gasteiger partial charge in [0.1, 0.15) is 0 Å². The first-order chi connectivity index (χ1) is 9.70. The highest BCUT2D eigenvalue weighted by Gasteiger charge is 2.16. The Kier molecular flexibility index (Phi) is 4.89. The number of hydrogen-bond donors (Lipinski definition) is 2. The highest BCUT2D eigenvalue weighted by atomic mass is 32.2. The van der Waals surface area contributed by atoms with Crippen molar-refractivity contribution in [3.8, 4) is 11.4 Å². The van der Waals surface area contributed by atoms with Crippen molar-refractivity contribution in [2.24, 2.45) is 0 Å². The number of nitrogens with one attached hydrogen (secondary N) is 2. The number of rotatable bonds is 6. The lowest BCUT2D eigenvalue weighted by Crippen LogP contribution is -2.30. The summed E-state index contributed by atoms with van der Waals surface area (Å²) in [4.78, 5) is 20.0. The lowest BCUT2D eigenvalue weighted by molar-refractivity contribution is -0.120. The summed E-state index contributed by atoms with van der Waals surface area (Å²) >= 11 is 1.30. The predicted molar refractivity (Wildman–Crippen MR) is 78.1 cm³/mol. The number of thioether (sulfide) groups is 1. The van der Waals surface area contributed by atoms with E-state index in [1.165, 1.54) is 11.8 Å². The quantitative estimate of drug-likeness (QED) is 0.624. The molecule has 2 heterocycles. The van der Waals surface area contributed by atoms with Crippen LogP contribution in [0.4, 0.5) is 0 Å². The standard InChI is InChI=1S/C13H15N5OS/c1-3-6-15-12(19)9(2)20-13-16-11(17-18-13)10-4-7-14-8-5-10/h3-5,7-9H,1,6H2,2H3,(H,15,19)(H,16,17,18)/t9-/m1/s1. The molecule has 0 radical (unpaired) electrons. The number of carbonyl (C=O) groups excluding carboxylic acids is 1. The molecule has 2 rings (SSSR count). The molecule has 0 aliphatic rings. The Balaban J connectivity index is 1.99. The third-order valence-electron chi connectivity index (χ3n) is 2.49. The molecule has 1 atom stereocenters. The van der Waals surface area contributed by atoms with E-state index in [9.17, 15) is 4.79 Å². The SMILES string of the molecule is C=CCNC(=O)[C@@H](C)Sc1n[nH]c(-c2ccncc2)n1. The molecule has 0 saturated carbocycles. The monoisotopic (exact) mass is 289 g/mol. The summed E-state index contributed by atoms with van der Waals surface area (Å²) in [5.41, 5.74) is 0.906. The van der Waals surface area contributed by atoms with Crippen LogP contribution in [-0.4, -0.2) is 37.9 Å². The van der Waals surface area contributed by atoms with Crippen molar-refractivity contribution in [2.45, 2.75) is 17.3 Å². The molecule has 2 N–H and O–H groups in total. The fraction of sp³-hybridized carbons (Fsp3) is 0.231. The largest absolute Gasteiger partial charge is 0.352 e. The van der Waals surface area contributed by atoms with Gasteiger partial charge in [0.25, 0.3) is 0 Å². The van der Waals surface area contributed by atoms with E-state index in [0.29, 0.717) is 17.5 Å². The van der Waals surface area contributed by atoms with Crippen molar-refractivity contribution in [1.29, 1.82) is 0 Å². The van der Waals surface area contributed by atoms with Crippen LogP contribution in [0.15, 0.2) is 42.3 Å². The van der Waals surface area contributed by atoms with Gasteiger partial charge in [-0.25, -0.2) is 4.98 Å². The van der Waals surface area contributed by atoms with Crippen LogP contribution in [0.25, 0.3) is 11.4 Å². The first-order valence-electron chi connectivity index (χ1n) is 6.08. The number of hydrogen-bond acceptors (Lipinski definition) is 5. The Hall–Kier alpha value is -2.15. The first kappa shape index (κ1) is 14.3. The molecule has 0 bridgehead atoms. The van der Waals surface area contributed by atoms with Crippen LogP contribution in [0.3, 0.4) is 0 Å². The van der Waals surface area contributed by atoms with E-state index in [1.54, 1.807) is 18.5 Å². The van der Waals surface area contributed by atoms with Gasteiger partial charge in [-0.3, -0.25) is 14.9 Å². The first-order valence-corrected chi connectivity index (χ1v) is 6.96. The normalized spacial score (nSPS) is 11.8. The maximum absolute atomic E-state index is 11.7. The number of H-pyrrole nitrogens is 1. The Bertz CT molecular complexity index is 583. The van der Waals surface area contributed by atoms with E-state index in [2.05, 4.69) is 32.1 Å². The second-order valence-corrected chi connectivity index (χ2v) is 5.30. The van der Waals surface area contributed by atoms with Crippen LogP contribution < -0.4 is 5.32 Å². The molecule has 2 aromatic heterocycles. The second kappa shape index (κ2) is 6.85. The Morgan fingerprint density at radius 2 is 2.30 bits per heavy atom. The van der Waals surface area contributed by atoms with Crippen molar-refractivity contribution in [3.63, 3.8) is 0 Å². The van der Waals surface area contributed by atoms with Crippen LogP contribution in [-0.2, 0) is 4.79 Å². The van der Waals surface area contributed by atoms with Crippen LogP contribution in [0, 0.1) is 0 Å². The van der Waals surface area contributed by atoms with E-state index >= 15 is 0 Å². The fourth-order valence-corrected chi connectivity index (χ4v) is 2.22. The molecule has 20 heavy (non-hydrogen) atoms. The van der Waals surface area contributed by atoms with Crippen LogP contribution in [0.2, 0.25) is 0 Å². The zero-order valence-corrected chi connectivity index (χ0v) is 11.9. The fourth-order valence-electron chi connectivity index (χ4n) is 1.47. The molecule has 104 valence electrons. The maximum atomic E-state index is 11.7. The van der Waals surface area contributed by atoms with Gasteiger partial charge in [-0.15, -0.1) is 11.7 Å². The topological polar surface area (TPSA) is 83.6 Å². The van der Waals surface area contributed by atoms with Crippen molar-refractivity contribution in [3.05, 3.63) is 37.2 Å². The zero-order chi connectivity index (χ0) is 14.4. The summed E-state index contributed by atoms with van der Waals surface area (Å²) < 4.78 is 0. The molecule has 1 amide bonds. The number of aromatic amines is 1. The van der Waals surface area contributed by atoms with Crippen molar-refractivity contribution < 1.29 is 4.79 Å². The number of amides is 1. The summed E-state index contributed by atoms with van der Waals surface area (Å²) in [6.45, 7) is 5.83. The minimum absolute atomic E-state index is 0.0647. The molecule has 6 nitrogen and oxygen atoms in total. The Labute approximate surface area is 121 Å². The predicted octanol–water partition coefficient (Wildman–Crippen LogP) is 1.65. The van der Waals surface area contributed by atoms with Gasteiger partial charge in [-0.05, 0) is 19.1 Å². The van der Waals surface area contributed by atoms with Crippen molar-refractivity contribution in [1.82, 2.24) is 25.5 Å². The molecular formula is C13H15N5OS. The summed E-state index contributed by atoms with van der Waals surface area (Å²) in [6, 6.07) is 3.68. The molecule has 0 aromatic carbocycles. The number of carbonyl (C=O) groups is 1. The van der Waals surface area contributed by atoms with Crippen LogP contribution in [0.5, 0.6) is 0 Å².